The summed E-state index contributed by atoms with van der Waals surface area (Å²) in [5.74, 6) is 0.431. The molecule has 1 fully saturated rings. The van der Waals surface area contributed by atoms with Crippen molar-refractivity contribution in [2.45, 2.75) is 5.37 Å². The molecule has 3 rings (SSSR count). The van der Waals surface area contributed by atoms with Gasteiger partial charge in [-0.15, -0.1) is 11.8 Å². The van der Waals surface area contributed by atoms with Crippen LogP contribution in [0.25, 0.3) is 0 Å². The van der Waals surface area contributed by atoms with Gasteiger partial charge in [-0.25, -0.2) is 9.18 Å². The number of halogens is 3. The molecule has 0 spiro atoms. The first-order chi connectivity index (χ1) is 11.1. The Balaban J connectivity index is 1.81. The smallest absolute Gasteiger partial charge is 0.307 e. The van der Waals surface area contributed by atoms with Crippen LogP contribution in [0.15, 0.2) is 42.5 Å². The van der Waals surface area contributed by atoms with Crippen LogP contribution in [0.1, 0.15) is 10.9 Å². The third kappa shape index (κ3) is 3.42. The average Bonchev–Trinajstić information content (AvgIpc) is 3.02. The largest absolute Gasteiger partial charge is 0.323 e. The van der Waals surface area contributed by atoms with Gasteiger partial charge in [0.2, 0.25) is 0 Å². The maximum atomic E-state index is 14.0. The molecule has 0 saturated carbocycles. The molecule has 23 heavy (non-hydrogen) atoms. The van der Waals surface area contributed by atoms with Crippen LogP contribution in [0.3, 0.4) is 0 Å². The van der Waals surface area contributed by atoms with E-state index in [-0.39, 0.29) is 22.2 Å². The van der Waals surface area contributed by atoms with Gasteiger partial charge in [0.15, 0.2) is 0 Å². The van der Waals surface area contributed by atoms with Gasteiger partial charge in [0.25, 0.3) is 0 Å². The van der Waals surface area contributed by atoms with E-state index in [4.69, 9.17) is 23.2 Å². The Kier molecular flexibility index (Phi) is 4.99. The van der Waals surface area contributed by atoms with Crippen LogP contribution in [-0.2, 0) is 0 Å². The predicted octanol–water partition coefficient (Wildman–Crippen LogP) is 5.41. The summed E-state index contributed by atoms with van der Waals surface area (Å²) < 4.78 is 14.0. The van der Waals surface area contributed by atoms with E-state index in [0.717, 1.165) is 5.75 Å². The van der Waals surface area contributed by atoms with Gasteiger partial charge in [-0.2, -0.15) is 0 Å². The first-order valence-corrected chi connectivity index (χ1v) is 8.76. The van der Waals surface area contributed by atoms with E-state index in [0.29, 0.717) is 22.8 Å². The van der Waals surface area contributed by atoms with Crippen molar-refractivity contribution in [3.05, 3.63) is 63.9 Å². The second-order valence-electron chi connectivity index (χ2n) is 4.97. The Morgan fingerprint density at radius 2 is 2.00 bits per heavy atom. The Labute approximate surface area is 147 Å². The lowest BCUT2D eigenvalue weighted by Gasteiger charge is -2.25. The monoisotopic (exact) mass is 370 g/mol. The molecule has 2 amide bonds. The molecule has 1 atom stereocenters. The molecule has 0 aliphatic carbocycles. The van der Waals surface area contributed by atoms with Crippen molar-refractivity contribution in [1.29, 1.82) is 0 Å². The minimum absolute atomic E-state index is 0.289. The third-order valence-corrected chi connectivity index (χ3v) is 5.58. The molecule has 0 radical (unpaired) electrons. The van der Waals surface area contributed by atoms with Crippen molar-refractivity contribution in [2.75, 3.05) is 17.6 Å². The second kappa shape index (κ2) is 6.99. The normalized spacial score (nSPS) is 17.3. The first kappa shape index (κ1) is 16.4. The lowest BCUT2D eigenvalue weighted by Crippen LogP contribution is -2.34. The Hall–Kier alpha value is -1.43. The van der Waals surface area contributed by atoms with Crippen molar-refractivity contribution in [3.63, 3.8) is 0 Å². The molecule has 0 unspecified atom stereocenters. The Bertz CT molecular complexity index is 744. The zero-order valence-electron chi connectivity index (χ0n) is 11.9. The number of carbonyl (C=O) groups is 1. The van der Waals surface area contributed by atoms with Gasteiger partial charge in [-0.1, -0.05) is 47.5 Å². The van der Waals surface area contributed by atoms with Gasteiger partial charge in [0, 0.05) is 17.9 Å². The zero-order chi connectivity index (χ0) is 16.4. The van der Waals surface area contributed by atoms with Gasteiger partial charge in [0.1, 0.15) is 11.2 Å². The van der Waals surface area contributed by atoms with Gasteiger partial charge in [-0.3, -0.25) is 0 Å². The number of rotatable bonds is 2. The van der Waals surface area contributed by atoms with Gasteiger partial charge >= 0.3 is 6.03 Å². The van der Waals surface area contributed by atoms with E-state index < -0.39 is 0 Å². The molecule has 1 aliphatic heterocycles. The van der Waals surface area contributed by atoms with Crippen LogP contribution in [0, 0.1) is 5.82 Å². The Morgan fingerprint density at radius 1 is 1.22 bits per heavy atom. The van der Waals surface area contributed by atoms with Crippen molar-refractivity contribution < 1.29 is 9.18 Å². The van der Waals surface area contributed by atoms with E-state index in [1.165, 1.54) is 17.8 Å². The number of urea groups is 1. The molecule has 0 bridgehead atoms. The van der Waals surface area contributed by atoms with Crippen molar-refractivity contribution in [1.82, 2.24) is 4.90 Å². The number of hydrogen-bond donors (Lipinski definition) is 1. The summed E-state index contributed by atoms with van der Waals surface area (Å²) in [7, 11) is 0. The van der Waals surface area contributed by atoms with Crippen molar-refractivity contribution >= 4 is 46.7 Å². The van der Waals surface area contributed by atoms with Gasteiger partial charge in [-0.05, 0) is 18.2 Å². The highest BCUT2D eigenvalue weighted by Crippen LogP contribution is 2.39. The second-order valence-corrected chi connectivity index (χ2v) is 6.94. The lowest BCUT2D eigenvalue weighted by atomic mass is 10.2. The number of hydrogen-bond acceptors (Lipinski definition) is 2. The summed E-state index contributed by atoms with van der Waals surface area (Å²) in [6, 6.07) is 11.2. The summed E-state index contributed by atoms with van der Waals surface area (Å²) in [4.78, 5) is 14.1. The number of nitrogens with zero attached hydrogens (tertiary/aromatic N) is 1. The number of thioether (sulfide) groups is 1. The minimum Gasteiger partial charge on any atom is -0.307 e. The van der Waals surface area contributed by atoms with Gasteiger partial charge < -0.3 is 10.2 Å². The van der Waals surface area contributed by atoms with Crippen LogP contribution in [0.4, 0.5) is 14.9 Å². The molecule has 7 heteroatoms. The number of benzene rings is 2. The summed E-state index contributed by atoms with van der Waals surface area (Å²) in [5.41, 5.74) is 0.940. The highest BCUT2D eigenvalue weighted by Gasteiger charge is 2.32. The fraction of sp³-hybridized carbons (Fsp3) is 0.188. The molecule has 1 saturated heterocycles. The average molecular weight is 371 g/mol. The zero-order valence-corrected chi connectivity index (χ0v) is 14.3. The fourth-order valence-corrected chi connectivity index (χ4v) is 4.02. The lowest BCUT2D eigenvalue weighted by molar-refractivity contribution is 0.213. The standard InChI is InChI=1S/C16H13Cl2FN2OS/c17-11-5-3-7-13(14(11)18)20-16(22)21-8-9-23-15(21)10-4-1-2-6-12(10)19/h1-7,15H,8-9H2,(H,20,22)/t15-/m1/s1. The third-order valence-electron chi connectivity index (χ3n) is 3.52. The van der Waals surface area contributed by atoms with Crippen LogP contribution in [-0.4, -0.2) is 23.2 Å². The first-order valence-electron chi connectivity index (χ1n) is 6.95. The molecule has 2 aromatic carbocycles. The quantitative estimate of drug-likeness (QED) is 0.765. The van der Waals surface area contributed by atoms with E-state index >= 15 is 0 Å². The van der Waals surface area contributed by atoms with Crippen LogP contribution >= 0.6 is 35.0 Å². The number of nitrogens with one attached hydrogen (secondary N) is 1. The van der Waals surface area contributed by atoms with Crippen molar-refractivity contribution in [3.8, 4) is 0 Å². The van der Waals surface area contributed by atoms with E-state index in [1.807, 2.05) is 0 Å². The molecule has 1 aliphatic rings. The topological polar surface area (TPSA) is 32.3 Å². The molecule has 3 nitrogen and oxygen atoms in total. The van der Waals surface area contributed by atoms with Crippen LogP contribution < -0.4 is 5.32 Å². The molecule has 2 aromatic rings. The molecular weight excluding hydrogens is 358 g/mol. The molecule has 0 aromatic heterocycles. The molecule has 1 heterocycles. The van der Waals surface area contributed by atoms with Gasteiger partial charge in [0.05, 0.1) is 15.7 Å². The number of amides is 2. The maximum absolute atomic E-state index is 14.0. The minimum atomic E-state index is -0.353. The number of carbonyl (C=O) groups excluding carboxylic acids is 1. The number of anilines is 1. The molecule has 1 N–H and O–H groups in total. The van der Waals surface area contributed by atoms with E-state index in [2.05, 4.69) is 5.32 Å². The SMILES string of the molecule is O=C(Nc1cccc(Cl)c1Cl)N1CCS[C@@H]1c1ccccc1F. The highest BCUT2D eigenvalue weighted by atomic mass is 35.5. The summed E-state index contributed by atoms with van der Waals surface area (Å²) in [6.07, 6.45) is 0. The summed E-state index contributed by atoms with van der Waals surface area (Å²) in [5, 5.41) is 3.05. The van der Waals surface area contributed by atoms with E-state index in [9.17, 15) is 9.18 Å². The fourth-order valence-electron chi connectivity index (χ4n) is 2.40. The van der Waals surface area contributed by atoms with Crippen LogP contribution in [0.5, 0.6) is 0 Å². The molecular formula is C16H13Cl2FN2OS. The summed E-state index contributed by atoms with van der Waals surface area (Å²) in [6.45, 7) is 0.535. The van der Waals surface area contributed by atoms with Crippen LogP contribution in [0.2, 0.25) is 10.0 Å². The summed E-state index contributed by atoms with van der Waals surface area (Å²) >= 11 is 13.6. The Morgan fingerprint density at radius 3 is 2.78 bits per heavy atom. The van der Waals surface area contributed by atoms with E-state index in [1.54, 1.807) is 41.3 Å². The van der Waals surface area contributed by atoms with Crippen molar-refractivity contribution in [2.24, 2.45) is 0 Å². The molecule has 120 valence electrons. The maximum Gasteiger partial charge on any atom is 0.323 e. The highest BCUT2D eigenvalue weighted by molar-refractivity contribution is 7.99. The predicted molar refractivity (Wildman–Crippen MR) is 93.8 cm³/mol.